The third-order valence-electron chi connectivity index (χ3n) is 1.07. The molecule has 0 saturated carbocycles. The van der Waals surface area contributed by atoms with E-state index in [1.54, 1.807) is 6.08 Å². The first-order valence-electron chi connectivity index (χ1n) is 3.41. The first-order chi connectivity index (χ1) is 4.81. The molecule has 1 atom stereocenters. The molecule has 0 aliphatic heterocycles. The lowest BCUT2D eigenvalue weighted by molar-refractivity contribution is 0.227. The van der Waals surface area contributed by atoms with Crippen LogP contribution in [0.3, 0.4) is 0 Å². The predicted molar refractivity (Wildman–Crippen MR) is 53.2 cm³/mol. The van der Waals surface area contributed by atoms with E-state index in [4.69, 9.17) is 5.11 Å². The molecule has 10 heavy (non-hydrogen) atoms. The maximum absolute atomic E-state index is 9.13. The summed E-state index contributed by atoms with van der Waals surface area (Å²) in [5.41, 5.74) is 0. The molecule has 0 aliphatic carbocycles. The second-order valence-corrected chi connectivity index (χ2v) is 2.72. The molecule has 0 bridgehead atoms. The number of rotatable bonds is 4. The predicted octanol–water partition coefficient (Wildman–Crippen LogP) is 2.65. The van der Waals surface area contributed by atoms with Gasteiger partial charge in [0, 0.05) is 0 Å². The fourth-order valence-electron chi connectivity index (χ4n) is 0.565. The third kappa shape index (κ3) is 6.29. The molecule has 0 aromatic rings. The Morgan fingerprint density at radius 2 is 2.20 bits per heavy atom. The van der Waals surface area contributed by atoms with Crippen LogP contribution >= 0.6 is 22.6 Å². The summed E-state index contributed by atoms with van der Waals surface area (Å²) in [4.78, 5) is 0. The maximum Gasteiger partial charge on any atom is 0.0762 e. The zero-order valence-corrected chi connectivity index (χ0v) is 8.28. The quantitative estimate of drug-likeness (QED) is 0.602. The average Bonchev–Trinajstić information content (AvgIpc) is 1.89. The van der Waals surface area contributed by atoms with E-state index in [2.05, 4.69) is 35.6 Å². The van der Waals surface area contributed by atoms with E-state index in [0.29, 0.717) is 0 Å². The van der Waals surface area contributed by atoms with Gasteiger partial charge in [-0.05, 0) is 23.0 Å². The molecular formula is C8H13IO. The van der Waals surface area contributed by atoms with Crippen LogP contribution in [0.15, 0.2) is 22.3 Å². The largest absolute Gasteiger partial charge is 0.389 e. The van der Waals surface area contributed by atoms with Crippen molar-refractivity contribution in [3.63, 3.8) is 0 Å². The van der Waals surface area contributed by atoms with E-state index < -0.39 is 0 Å². The Hall–Kier alpha value is 0.170. The van der Waals surface area contributed by atoms with Crippen molar-refractivity contribution in [3.05, 3.63) is 22.3 Å². The molecule has 0 spiro atoms. The molecule has 1 N–H and O–H groups in total. The van der Waals surface area contributed by atoms with Gasteiger partial charge >= 0.3 is 0 Å². The van der Waals surface area contributed by atoms with Crippen molar-refractivity contribution >= 4 is 22.6 Å². The van der Waals surface area contributed by atoms with Crippen LogP contribution in [0.2, 0.25) is 0 Å². The SMILES string of the molecule is CCC=CC[C@H](O)C=CI. The number of aliphatic hydroxyl groups excluding tert-OH is 1. The topological polar surface area (TPSA) is 20.2 Å². The fourth-order valence-corrected chi connectivity index (χ4v) is 1.04. The van der Waals surface area contributed by atoms with Gasteiger partial charge in [-0.2, -0.15) is 0 Å². The molecule has 0 aliphatic rings. The Morgan fingerprint density at radius 1 is 1.50 bits per heavy atom. The Bertz CT molecular complexity index is 118. The summed E-state index contributed by atoms with van der Waals surface area (Å²) >= 11 is 2.10. The highest BCUT2D eigenvalue weighted by Crippen LogP contribution is 1.97. The van der Waals surface area contributed by atoms with Gasteiger partial charge in [0.15, 0.2) is 0 Å². The van der Waals surface area contributed by atoms with E-state index >= 15 is 0 Å². The molecule has 0 aromatic carbocycles. The maximum atomic E-state index is 9.13. The van der Waals surface area contributed by atoms with Crippen LogP contribution in [0.5, 0.6) is 0 Å². The van der Waals surface area contributed by atoms with Crippen LogP contribution in [-0.4, -0.2) is 11.2 Å². The molecule has 0 aromatic heterocycles. The van der Waals surface area contributed by atoms with Crippen LogP contribution in [0.25, 0.3) is 0 Å². The van der Waals surface area contributed by atoms with Crippen molar-refractivity contribution in [1.29, 1.82) is 0 Å². The molecule has 0 amide bonds. The molecule has 0 unspecified atom stereocenters. The molecular weight excluding hydrogens is 239 g/mol. The molecule has 1 nitrogen and oxygen atoms in total. The van der Waals surface area contributed by atoms with Crippen LogP contribution in [0, 0.1) is 0 Å². The van der Waals surface area contributed by atoms with Gasteiger partial charge in [0.25, 0.3) is 0 Å². The van der Waals surface area contributed by atoms with Crippen molar-refractivity contribution in [2.24, 2.45) is 0 Å². The fraction of sp³-hybridized carbons (Fsp3) is 0.500. The Balaban J connectivity index is 3.38. The molecule has 58 valence electrons. The molecule has 0 saturated heterocycles. The van der Waals surface area contributed by atoms with Gasteiger partial charge in [-0.3, -0.25) is 0 Å². The first-order valence-corrected chi connectivity index (χ1v) is 4.65. The first kappa shape index (κ1) is 10.2. The monoisotopic (exact) mass is 252 g/mol. The zero-order valence-electron chi connectivity index (χ0n) is 6.13. The number of hydrogen-bond acceptors (Lipinski definition) is 1. The summed E-state index contributed by atoms with van der Waals surface area (Å²) in [7, 11) is 0. The van der Waals surface area contributed by atoms with Gasteiger partial charge in [-0.25, -0.2) is 0 Å². The van der Waals surface area contributed by atoms with E-state index in [1.807, 2.05) is 10.2 Å². The number of halogens is 1. The summed E-state index contributed by atoms with van der Waals surface area (Å²) in [6.45, 7) is 2.08. The van der Waals surface area contributed by atoms with Crippen LogP contribution < -0.4 is 0 Å². The number of hydrogen-bond donors (Lipinski definition) is 1. The van der Waals surface area contributed by atoms with Gasteiger partial charge in [0.2, 0.25) is 0 Å². The van der Waals surface area contributed by atoms with E-state index in [-0.39, 0.29) is 6.10 Å². The number of allylic oxidation sites excluding steroid dienone is 1. The highest BCUT2D eigenvalue weighted by atomic mass is 127. The number of aliphatic hydroxyl groups is 1. The molecule has 0 radical (unpaired) electrons. The Labute approximate surface area is 76.0 Å². The zero-order chi connectivity index (χ0) is 7.82. The Kier molecular flexibility index (Phi) is 7.40. The highest BCUT2D eigenvalue weighted by Gasteiger charge is 1.91. The van der Waals surface area contributed by atoms with Crippen molar-refractivity contribution in [2.75, 3.05) is 0 Å². The third-order valence-corrected chi connectivity index (χ3v) is 1.49. The normalized spacial score (nSPS) is 15.1. The van der Waals surface area contributed by atoms with Crippen molar-refractivity contribution in [2.45, 2.75) is 25.9 Å². The minimum Gasteiger partial charge on any atom is -0.389 e. The second kappa shape index (κ2) is 7.28. The van der Waals surface area contributed by atoms with Crippen molar-refractivity contribution in [1.82, 2.24) is 0 Å². The lowest BCUT2D eigenvalue weighted by atomic mass is 10.2. The van der Waals surface area contributed by atoms with Crippen molar-refractivity contribution < 1.29 is 5.11 Å². The van der Waals surface area contributed by atoms with Gasteiger partial charge in [0.1, 0.15) is 0 Å². The van der Waals surface area contributed by atoms with Crippen molar-refractivity contribution in [3.8, 4) is 0 Å². The average molecular weight is 252 g/mol. The molecule has 2 heteroatoms. The Morgan fingerprint density at radius 3 is 2.70 bits per heavy atom. The van der Waals surface area contributed by atoms with Crippen LogP contribution in [0.4, 0.5) is 0 Å². The smallest absolute Gasteiger partial charge is 0.0762 e. The minimum atomic E-state index is -0.306. The molecule has 0 heterocycles. The van der Waals surface area contributed by atoms with E-state index in [9.17, 15) is 0 Å². The standard InChI is InChI=1S/C8H13IO/c1-2-3-4-5-8(10)6-7-9/h3-4,6-8,10H,2,5H2,1H3/t8-/m0/s1. The molecule has 0 rings (SSSR count). The summed E-state index contributed by atoms with van der Waals surface area (Å²) in [5.74, 6) is 0. The van der Waals surface area contributed by atoms with Crippen LogP contribution in [-0.2, 0) is 0 Å². The highest BCUT2D eigenvalue weighted by molar-refractivity contribution is 14.1. The summed E-state index contributed by atoms with van der Waals surface area (Å²) in [6.07, 6.45) is 7.31. The minimum absolute atomic E-state index is 0.306. The second-order valence-electron chi connectivity index (χ2n) is 2.00. The summed E-state index contributed by atoms with van der Waals surface area (Å²) < 4.78 is 1.84. The van der Waals surface area contributed by atoms with E-state index in [0.717, 1.165) is 12.8 Å². The van der Waals surface area contributed by atoms with Gasteiger partial charge < -0.3 is 5.11 Å². The van der Waals surface area contributed by atoms with Gasteiger partial charge in [0.05, 0.1) is 6.10 Å². The summed E-state index contributed by atoms with van der Waals surface area (Å²) in [6, 6.07) is 0. The lowest BCUT2D eigenvalue weighted by Gasteiger charge is -1.97. The summed E-state index contributed by atoms with van der Waals surface area (Å²) in [5, 5.41) is 9.13. The van der Waals surface area contributed by atoms with Gasteiger partial charge in [-0.1, -0.05) is 41.7 Å². The lowest BCUT2D eigenvalue weighted by Crippen LogP contribution is -1.98. The van der Waals surface area contributed by atoms with Gasteiger partial charge in [-0.15, -0.1) is 0 Å². The molecule has 0 fully saturated rings. The van der Waals surface area contributed by atoms with Crippen LogP contribution in [0.1, 0.15) is 19.8 Å². The van der Waals surface area contributed by atoms with E-state index in [1.165, 1.54) is 0 Å².